The zero-order valence-electron chi connectivity index (χ0n) is 15.9. The highest BCUT2D eigenvalue weighted by molar-refractivity contribution is 5.99. The van der Waals surface area contributed by atoms with Crippen LogP contribution in [0.2, 0.25) is 0 Å². The predicted octanol–water partition coefficient (Wildman–Crippen LogP) is 2.78. The van der Waals surface area contributed by atoms with Crippen molar-refractivity contribution in [3.05, 3.63) is 34.9 Å². The lowest BCUT2D eigenvalue weighted by Gasteiger charge is -2.14. The Bertz CT molecular complexity index is 1070. The van der Waals surface area contributed by atoms with Crippen LogP contribution >= 0.6 is 0 Å². The number of nitrogens with two attached hydrogens (primary N) is 1. The summed E-state index contributed by atoms with van der Waals surface area (Å²) in [6, 6.07) is 0. The molecule has 0 fully saturated rings. The molecule has 0 saturated carbocycles. The Morgan fingerprint density at radius 2 is 2.11 bits per heavy atom. The predicted molar refractivity (Wildman–Crippen MR) is 103 cm³/mol. The molecule has 0 atom stereocenters. The highest BCUT2D eigenvalue weighted by atomic mass is 16.1. The lowest BCUT2D eigenvalue weighted by atomic mass is 9.95. The van der Waals surface area contributed by atoms with Crippen molar-refractivity contribution in [1.29, 1.82) is 0 Å². The first-order chi connectivity index (χ1) is 13.0. The van der Waals surface area contributed by atoms with E-state index in [1.165, 1.54) is 11.9 Å². The van der Waals surface area contributed by atoms with E-state index in [2.05, 4.69) is 35.0 Å². The number of aromatic nitrogens is 6. The van der Waals surface area contributed by atoms with Gasteiger partial charge >= 0.3 is 0 Å². The zero-order valence-corrected chi connectivity index (χ0v) is 15.9. The molecule has 0 spiro atoms. The summed E-state index contributed by atoms with van der Waals surface area (Å²) in [5.41, 5.74) is 11.0. The van der Waals surface area contributed by atoms with Gasteiger partial charge in [0.1, 0.15) is 6.33 Å². The van der Waals surface area contributed by atoms with Gasteiger partial charge in [0.15, 0.2) is 22.8 Å². The number of Topliss-reactive ketones (excluding diaryl/α,β-unsaturated/α-hetero) is 1. The molecular formula is C19H23N7O. The third-order valence-electron chi connectivity index (χ3n) is 4.89. The van der Waals surface area contributed by atoms with E-state index in [9.17, 15) is 4.79 Å². The molecule has 3 heterocycles. The summed E-state index contributed by atoms with van der Waals surface area (Å²) in [5.74, 6) is 1.14. The number of nitrogen functional groups attached to an aromatic ring is 1. The SMILES string of the molecule is CC(C)=CCCn1c(-n2nc(C)c3c2CCCC3=O)nc2c(N)ncnc21. The van der Waals surface area contributed by atoms with E-state index < -0.39 is 0 Å². The van der Waals surface area contributed by atoms with Crippen molar-refractivity contribution >= 4 is 22.8 Å². The summed E-state index contributed by atoms with van der Waals surface area (Å²) in [6.07, 6.45) is 6.68. The minimum Gasteiger partial charge on any atom is -0.382 e. The van der Waals surface area contributed by atoms with Crippen LogP contribution in [-0.4, -0.2) is 35.1 Å². The lowest BCUT2D eigenvalue weighted by Crippen LogP contribution is -2.16. The molecule has 8 nitrogen and oxygen atoms in total. The molecule has 2 N–H and O–H groups in total. The van der Waals surface area contributed by atoms with Crippen molar-refractivity contribution < 1.29 is 4.79 Å². The number of nitrogens with zero attached hydrogens (tertiary/aromatic N) is 6. The first-order valence-electron chi connectivity index (χ1n) is 9.19. The quantitative estimate of drug-likeness (QED) is 0.713. The van der Waals surface area contributed by atoms with Crippen LogP contribution in [0, 0.1) is 6.92 Å². The molecule has 4 rings (SSSR count). The van der Waals surface area contributed by atoms with Crippen LogP contribution in [0.4, 0.5) is 5.82 Å². The van der Waals surface area contributed by atoms with Gasteiger partial charge in [0, 0.05) is 13.0 Å². The molecule has 0 bridgehead atoms. The van der Waals surface area contributed by atoms with Gasteiger partial charge in [-0.3, -0.25) is 9.36 Å². The second-order valence-electron chi connectivity index (χ2n) is 7.16. The third-order valence-corrected chi connectivity index (χ3v) is 4.89. The molecule has 1 aliphatic rings. The largest absolute Gasteiger partial charge is 0.382 e. The number of allylic oxidation sites excluding steroid dienone is 2. The third kappa shape index (κ3) is 2.90. The Morgan fingerprint density at radius 3 is 2.89 bits per heavy atom. The maximum atomic E-state index is 12.4. The fourth-order valence-electron chi connectivity index (χ4n) is 3.67. The Hall–Kier alpha value is -3.03. The maximum absolute atomic E-state index is 12.4. The van der Waals surface area contributed by atoms with Gasteiger partial charge in [-0.2, -0.15) is 5.10 Å². The standard InChI is InChI=1S/C19H23N7O/c1-11(2)6-5-9-25-18-16(17(20)21-10-22-18)23-19(25)26-13-7-4-8-14(27)15(13)12(3)24-26/h6,10H,4-5,7-9H2,1-3H3,(H2,20,21,22). The second kappa shape index (κ2) is 6.61. The number of imidazole rings is 1. The molecule has 8 heteroatoms. The van der Waals surface area contributed by atoms with Gasteiger partial charge in [-0.1, -0.05) is 11.6 Å². The van der Waals surface area contributed by atoms with Crippen LogP contribution < -0.4 is 5.73 Å². The second-order valence-corrected chi connectivity index (χ2v) is 7.16. The van der Waals surface area contributed by atoms with Crippen LogP contribution in [0.25, 0.3) is 17.1 Å². The molecule has 0 amide bonds. The smallest absolute Gasteiger partial charge is 0.233 e. The monoisotopic (exact) mass is 365 g/mol. The van der Waals surface area contributed by atoms with Gasteiger partial charge < -0.3 is 5.73 Å². The van der Waals surface area contributed by atoms with E-state index in [4.69, 9.17) is 10.7 Å². The lowest BCUT2D eigenvalue weighted by molar-refractivity contribution is 0.0971. The van der Waals surface area contributed by atoms with Crippen LogP contribution in [0.3, 0.4) is 0 Å². The van der Waals surface area contributed by atoms with Crippen molar-refractivity contribution in [2.24, 2.45) is 0 Å². The topological polar surface area (TPSA) is 105 Å². The van der Waals surface area contributed by atoms with Crippen LogP contribution in [0.1, 0.15) is 54.9 Å². The molecule has 0 unspecified atom stereocenters. The number of rotatable bonds is 4. The number of carbonyl (C=O) groups is 1. The first kappa shape index (κ1) is 17.4. The van der Waals surface area contributed by atoms with E-state index >= 15 is 0 Å². The normalized spacial score (nSPS) is 13.8. The minimum absolute atomic E-state index is 0.159. The molecule has 0 aromatic carbocycles. The van der Waals surface area contributed by atoms with Crippen LogP contribution in [-0.2, 0) is 13.0 Å². The number of aryl methyl sites for hydroxylation is 2. The summed E-state index contributed by atoms with van der Waals surface area (Å²) in [5, 5.41) is 4.65. The van der Waals surface area contributed by atoms with E-state index in [0.29, 0.717) is 35.9 Å². The zero-order chi connectivity index (χ0) is 19.1. The highest BCUT2D eigenvalue weighted by Crippen LogP contribution is 2.28. The molecular weight excluding hydrogens is 342 g/mol. The maximum Gasteiger partial charge on any atom is 0.233 e. The number of hydrogen-bond donors (Lipinski definition) is 1. The van der Waals surface area contributed by atoms with Crippen molar-refractivity contribution in [3.8, 4) is 5.95 Å². The van der Waals surface area contributed by atoms with E-state index in [1.807, 2.05) is 11.5 Å². The summed E-state index contributed by atoms with van der Waals surface area (Å²) < 4.78 is 3.81. The number of anilines is 1. The molecule has 0 saturated heterocycles. The average Bonchev–Trinajstić information content (AvgIpc) is 3.15. The van der Waals surface area contributed by atoms with Crippen molar-refractivity contribution in [3.63, 3.8) is 0 Å². The summed E-state index contributed by atoms with van der Waals surface area (Å²) in [4.78, 5) is 25.6. The molecule has 3 aromatic rings. The number of carbonyl (C=O) groups excluding carboxylic acids is 1. The van der Waals surface area contributed by atoms with Gasteiger partial charge in [0.2, 0.25) is 5.95 Å². The molecule has 3 aromatic heterocycles. The van der Waals surface area contributed by atoms with Crippen molar-refractivity contribution in [1.82, 2.24) is 29.3 Å². The Balaban J connectivity index is 1.91. The molecule has 140 valence electrons. The van der Waals surface area contributed by atoms with Crippen LogP contribution in [0.5, 0.6) is 0 Å². The van der Waals surface area contributed by atoms with E-state index in [-0.39, 0.29) is 5.78 Å². The molecule has 0 aliphatic heterocycles. The Kier molecular flexibility index (Phi) is 4.25. The number of ketones is 1. The van der Waals surface area contributed by atoms with E-state index in [0.717, 1.165) is 36.2 Å². The number of fused-ring (bicyclic) bond motifs is 2. The summed E-state index contributed by atoms with van der Waals surface area (Å²) >= 11 is 0. The highest BCUT2D eigenvalue weighted by Gasteiger charge is 2.28. The Labute approximate surface area is 157 Å². The molecule has 27 heavy (non-hydrogen) atoms. The van der Waals surface area contributed by atoms with Gasteiger partial charge in [-0.15, -0.1) is 0 Å². The number of hydrogen-bond acceptors (Lipinski definition) is 6. The van der Waals surface area contributed by atoms with Gasteiger partial charge in [0.05, 0.1) is 17.0 Å². The van der Waals surface area contributed by atoms with Gasteiger partial charge in [0.25, 0.3) is 0 Å². The fourth-order valence-corrected chi connectivity index (χ4v) is 3.67. The molecule has 1 aliphatic carbocycles. The van der Waals surface area contributed by atoms with Crippen molar-refractivity contribution in [2.75, 3.05) is 5.73 Å². The van der Waals surface area contributed by atoms with E-state index in [1.54, 1.807) is 4.68 Å². The fraction of sp³-hybridized carbons (Fsp3) is 0.421. The van der Waals surface area contributed by atoms with Gasteiger partial charge in [-0.05, 0) is 40.0 Å². The van der Waals surface area contributed by atoms with Crippen molar-refractivity contribution in [2.45, 2.75) is 53.0 Å². The minimum atomic E-state index is 0.159. The summed E-state index contributed by atoms with van der Waals surface area (Å²) in [7, 11) is 0. The average molecular weight is 365 g/mol. The molecule has 0 radical (unpaired) electrons. The van der Waals surface area contributed by atoms with Gasteiger partial charge in [-0.25, -0.2) is 19.6 Å². The first-order valence-corrected chi connectivity index (χ1v) is 9.19. The Morgan fingerprint density at radius 1 is 1.30 bits per heavy atom. The van der Waals surface area contributed by atoms with Crippen LogP contribution in [0.15, 0.2) is 18.0 Å². The summed E-state index contributed by atoms with van der Waals surface area (Å²) in [6.45, 7) is 6.72.